The van der Waals surface area contributed by atoms with Crippen molar-refractivity contribution in [1.82, 2.24) is 10.3 Å². The third-order valence-electron chi connectivity index (χ3n) is 3.46. The van der Waals surface area contributed by atoms with Crippen LogP contribution in [0.15, 0.2) is 63.6 Å². The maximum absolute atomic E-state index is 12.5. The minimum absolute atomic E-state index is 0.0626. The topological polar surface area (TPSA) is 78.9 Å². The number of carbonyl (C=O) groups is 1. The summed E-state index contributed by atoms with van der Waals surface area (Å²) in [5.74, 6) is -0.297. The van der Waals surface area contributed by atoms with E-state index in [0.717, 1.165) is 10.0 Å². The van der Waals surface area contributed by atoms with Crippen LogP contribution >= 0.6 is 27.5 Å². The first-order valence-electron chi connectivity index (χ1n) is 7.24. The van der Waals surface area contributed by atoms with Crippen LogP contribution in [0.4, 0.5) is 0 Å². The molecule has 5 nitrogen and oxygen atoms in total. The second-order valence-electron chi connectivity index (χ2n) is 5.14. The molecule has 2 heterocycles. The van der Waals surface area contributed by atoms with Crippen LogP contribution in [0.25, 0.3) is 0 Å². The van der Waals surface area contributed by atoms with Gasteiger partial charge in [0.25, 0.3) is 5.91 Å². The van der Waals surface area contributed by atoms with E-state index in [4.69, 9.17) is 21.3 Å². The standard InChI is InChI=1S/C18H11BrClN3O2/c19-12-3-7-15(22-10-12)17(11-1-4-13(20)5-2-11)23-18(24)16-8-6-14(9-21)25-16/h1-8,10,17H,(H,23,24). The molecule has 25 heavy (non-hydrogen) atoms. The van der Waals surface area contributed by atoms with Crippen molar-refractivity contribution in [2.45, 2.75) is 6.04 Å². The molecule has 1 aromatic carbocycles. The molecule has 0 radical (unpaired) electrons. The quantitative estimate of drug-likeness (QED) is 0.680. The second kappa shape index (κ2) is 7.51. The number of aromatic nitrogens is 1. The van der Waals surface area contributed by atoms with Gasteiger partial charge in [0.1, 0.15) is 6.07 Å². The van der Waals surface area contributed by atoms with Gasteiger partial charge in [0.05, 0.1) is 11.7 Å². The van der Waals surface area contributed by atoms with Gasteiger partial charge in [-0.25, -0.2) is 0 Å². The number of carbonyl (C=O) groups excluding carboxylic acids is 1. The van der Waals surface area contributed by atoms with Crippen LogP contribution in [-0.4, -0.2) is 10.9 Å². The number of benzene rings is 1. The lowest BCUT2D eigenvalue weighted by molar-refractivity contribution is 0.0914. The summed E-state index contributed by atoms with van der Waals surface area (Å²) in [4.78, 5) is 16.9. The molecule has 3 aromatic rings. The van der Waals surface area contributed by atoms with E-state index in [2.05, 4.69) is 26.2 Å². The molecule has 1 N–H and O–H groups in total. The number of rotatable bonds is 4. The summed E-state index contributed by atoms with van der Waals surface area (Å²) in [6, 6.07) is 15.1. The summed E-state index contributed by atoms with van der Waals surface area (Å²) < 4.78 is 6.02. The van der Waals surface area contributed by atoms with Crippen LogP contribution < -0.4 is 5.32 Å². The number of nitrogens with zero attached hydrogens (tertiary/aromatic N) is 2. The highest BCUT2D eigenvalue weighted by molar-refractivity contribution is 9.10. The highest BCUT2D eigenvalue weighted by Crippen LogP contribution is 2.24. The van der Waals surface area contributed by atoms with Crippen molar-refractivity contribution in [1.29, 1.82) is 5.26 Å². The van der Waals surface area contributed by atoms with Crippen LogP contribution in [0.1, 0.15) is 33.6 Å². The highest BCUT2D eigenvalue weighted by Gasteiger charge is 2.21. The molecule has 0 bridgehead atoms. The van der Waals surface area contributed by atoms with Crippen LogP contribution in [0.5, 0.6) is 0 Å². The zero-order chi connectivity index (χ0) is 17.8. The largest absolute Gasteiger partial charge is 0.440 e. The van der Waals surface area contributed by atoms with E-state index in [1.807, 2.05) is 30.3 Å². The van der Waals surface area contributed by atoms with Gasteiger partial charge in [0, 0.05) is 15.7 Å². The molecule has 3 rings (SSSR count). The molecule has 1 amide bonds. The van der Waals surface area contributed by atoms with Crippen LogP contribution in [0, 0.1) is 11.3 Å². The van der Waals surface area contributed by atoms with Gasteiger partial charge in [-0.15, -0.1) is 0 Å². The number of hydrogen-bond donors (Lipinski definition) is 1. The predicted octanol–water partition coefficient (Wildman–Crippen LogP) is 4.48. The Labute approximate surface area is 157 Å². The zero-order valence-electron chi connectivity index (χ0n) is 12.7. The lowest BCUT2D eigenvalue weighted by Crippen LogP contribution is -2.29. The fourth-order valence-corrected chi connectivity index (χ4v) is 2.62. The Balaban J connectivity index is 1.93. The van der Waals surface area contributed by atoms with Gasteiger partial charge in [-0.2, -0.15) is 5.26 Å². The molecule has 1 unspecified atom stereocenters. The number of pyridine rings is 1. The molecule has 0 saturated heterocycles. The van der Waals surface area contributed by atoms with Gasteiger partial charge >= 0.3 is 0 Å². The number of furan rings is 1. The van der Waals surface area contributed by atoms with Crippen molar-refractivity contribution in [3.05, 3.63) is 87.0 Å². The molecule has 0 aliphatic carbocycles. The number of nitrogens with one attached hydrogen (secondary N) is 1. The van der Waals surface area contributed by atoms with Crippen molar-refractivity contribution in [2.24, 2.45) is 0 Å². The van der Waals surface area contributed by atoms with Crippen molar-refractivity contribution < 1.29 is 9.21 Å². The lowest BCUT2D eigenvalue weighted by atomic mass is 10.0. The summed E-state index contributed by atoms with van der Waals surface area (Å²) in [6.07, 6.45) is 1.66. The third kappa shape index (κ3) is 4.08. The molecule has 1 atom stereocenters. The average Bonchev–Trinajstić information content (AvgIpc) is 3.11. The van der Waals surface area contributed by atoms with Crippen LogP contribution in [-0.2, 0) is 0 Å². The van der Waals surface area contributed by atoms with Crippen LogP contribution in [0.3, 0.4) is 0 Å². The monoisotopic (exact) mass is 415 g/mol. The maximum atomic E-state index is 12.5. The van der Waals surface area contributed by atoms with Crippen molar-refractivity contribution in [3.8, 4) is 6.07 Å². The fourth-order valence-electron chi connectivity index (χ4n) is 2.26. The molecule has 124 valence electrons. The first-order chi connectivity index (χ1) is 12.1. The number of hydrogen-bond acceptors (Lipinski definition) is 4. The first-order valence-corrected chi connectivity index (χ1v) is 8.41. The van der Waals surface area contributed by atoms with E-state index in [1.165, 1.54) is 12.1 Å². The van der Waals surface area contributed by atoms with E-state index >= 15 is 0 Å². The Morgan fingerprint density at radius 1 is 1.20 bits per heavy atom. The zero-order valence-corrected chi connectivity index (χ0v) is 15.1. The number of amides is 1. The van der Waals surface area contributed by atoms with Crippen LogP contribution in [0.2, 0.25) is 5.02 Å². The lowest BCUT2D eigenvalue weighted by Gasteiger charge is -2.18. The van der Waals surface area contributed by atoms with E-state index in [-0.39, 0.29) is 11.5 Å². The minimum atomic E-state index is -0.492. The van der Waals surface area contributed by atoms with Gasteiger partial charge in [-0.05, 0) is 57.9 Å². The van der Waals surface area contributed by atoms with E-state index in [9.17, 15) is 4.79 Å². The molecule has 0 aliphatic heterocycles. The Hall–Kier alpha value is -2.62. The van der Waals surface area contributed by atoms with E-state index in [1.54, 1.807) is 18.3 Å². The number of nitriles is 1. The summed E-state index contributed by atoms with van der Waals surface area (Å²) in [5.41, 5.74) is 1.48. The Morgan fingerprint density at radius 2 is 1.96 bits per heavy atom. The average molecular weight is 417 g/mol. The molecular weight excluding hydrogens is 406 g/mol. The Bertz CT molecular complexity index is 885. The normalized spacial score (nSPS) is 11.6. The molecule has 2 aromatic heterocycles. The van der Waals surface area contributed by atoms with Gasteiger partial charge in [0.2, 0.25) is 5.76 Å². The molecule has 0 saturated carbocycles. The molecule has 0 aliphatic rings. The van der Waals surface area contributed by atoms with Gasteiger partial charge in [-0.1, -0.05) is 23.7 Å². The summed E-state index contributed by atoms with van der Waals surface area (Å²) in [6.45, 7) is 0. The molecule has 0 fully saturated rings. The van der Waals surface area contributed by atoms with E-state index < -0.39 is 11.9 Å². The molecule has 7 heteroatoms. The summed E-state index contributed by atoms with van der Waals surface area (Å²) in [5, 5.41) is 12.3. The SMILES string of the molecule is N#Cc1ccc(C(=O)NC(c2ccc(Cl)cc2)c2ccc(Br)cn2)o1. The molecule has 0 spiro atoms. The first kappa shape index (κ1) is 17.2. The number of halogens is 2. The summed E-state index contributed by atoms with van der Waals surface area (Å²) in [7, 11) is 0. The van der Waals surface area contributed by atoms with E-state index in [0.29, 0.717) is 10.7 Å². The summed E-state index contributed by atoms with van der Waals surface area (Å²) >= 11 is 9.29. The molecular formula is C18H11BrClN3O2. The smallest absolute Gasteiger partial charge is 0.287 e. The van der Waals surface area contributed by atoms with Crippen molar-refractivity contribution >= 4 is 33.4 Å². The van der Waals surface area contributed by atoms with Gasteiger partial charge < -0.3 is 9.73 Å². The maximum Gasteiger partial charge on any atom is 0.287 e. The van der Waals surface area contributed by atoms with Gasteiger partial charge in [0.15, 0.2) is 5.76 Å². The Morgan fingerprint density at radius 3 is 2.56 bits per heavy atom. The highest BCUT2D eigenvalue weighted by atomic mass is 79.9. The predicted molar refractivity (Wildman–Crippen MR) is 96.1 cm³/mol. The Kier molecular flexibility index (Phi) is 5.17. The minimum Gasteiger partial charge on any atom is -0.440 e. The fraction of sp³-hybridized carbons (Fsp3) is 0.0556. The van der Waals surface area contributed by atoms with Crippen molar-refractivity contribution in [2.75, 3.05) is 0 Å². The third-order valence-corrected chi connectivity index (χ3v) is 4.19. The second-order valence-corrected chi connectivity index (χ2v) is 6.49. The van der Waals surface area contributed by atoms with Crippen molar-refractivity contribution in [3.63, 3.8) is 0 Å². The van der Waals surface area contributed by atoms with Gasteiger partial charge in [-0.3, -0.25) is 9.78 Å².